The number of halogens is 4. The summed E-state index contributed by atoms with van der Waals surface area (Å²) in [5, 5.41) is 4.64. The molecule has 4 aromatic rings. The molecule has 184 valence electrons. The number of hydrogen-bond acceptors (Lipinski definition) is 4. The highest BCUT2D eigenvalue weighted by molar-refractivity contribution is 6.31. The number of hydrogen-bond donors (Lipinski definition) is 2. The summed E-state index contributed by atoms with van der Waals surface area (Å²) in [7, 11) is 1.34. The Bertz CT molecular complexity index is 1350. The van der Waals surface area contributed by atoms with Gasteiger partial charge in [-0.1, -0.05) is 11.6 Å². The molecule has 3 heterocycles. The lowest BCUT2D eigenvalue weighted by molar-refractivity contribution is 0.128. The first kappa shape index (κ1) is 23.7. The van der Waals surface area contributed by atoms with Crippen LogP contribution < -0.4 is 10.5 Å². The highest BCUT2D eigenvalue weighted by Gasteiger charge is 2.33. The summed E-state index contributed by atoms with van der Waals surface area (Å²) in [5.74, 6) is -2.22. The van der Waals surface area contributed by atoms with Crippen molar-refractivity contribution in [1.82, 2.24) is 19.7 Å². The molecule has 5 rings (SSSR count). The lowest BCUT2D eigenvalue weighted by Crippen LogP contribution is -2.27. The van der Waals surface area contributed by atoms with Crippen molar-refractivity contribution in [2.24, 2.45) is 5.73 Å². The molecule has 1 aromatic carbocycles. The Morgan fingerprint density at radius 1 is 1.17 bits per heavy atom. The van der Waals surface area contributed by atoms with E-state index in [1.807, 2.05) is 10.9 Å². The van der Waals surface area contributed by atoms with Crippen LogP contribution in [0.5, 0.6) is 5.75 Å². The Kier molecular flexibility index (Phi) is 6.46. The van der Waals surface area contributed by atoms with Crippen LogP contribution in [0.25, 0.3) is 22.2 Å². The second kappa shape index (κ2) is 9.54. The number of H-pyrrole nitrogens is 1. The summed E-state index contributed by atoms with van der Waals surface area (Å²) in [6.07, 6.45) is 7.83. The lowest BCUT2D eigenvalue weighted by atomic mass is 9.90. The van der Waals surface area contributed by atoms with Crippen molar-refractivity contribution in [3.8, 4) is 16.9 Å². The number of aromatic amines is 1. The minimum absolute atomic E-state index is 0.0913. The van der Waals surface area contributed by atoms with Crippen molar-refractivity contribution in [3.63, 3.8) is 0 Å². The van der Waals surface area contributed by atoms with Gasteiger partial charge >= 0.3 is 0 Å². The van der Waals surface area contributed by atoms with E-state index >= 15 is 0 Å². The number of nitrogens with zero attached hydrogens (tertiary/aromatic N) is 3. The van der Waals surface area contributed by atoms with Gasteiger partial charge in [0.1, 0.15) is 17.2 Å². The minimum atomic E-state index is -2.87. The van der Waals surface area contributed by atoms with Crippen LogP contribution >= 0.6 is 11.6 Å². The number of ether oxygens (including phenoxy) is 1. The maximum absolute atomic E-state index is 14.5. The molecular weight excluding hydrogens is 479 g/mol. The average molecular weight is 504 g/mol. The van der Waals surface area contributed by atoms with E-state index in [2.05, 4.69) is 15.1 Å². The fourth-order valence-corrected chi connectivity index (χ4v) is 5.20. The van der Waals surface area contributed by atoms with Crippen LogP contribution in [-0.4, -0.2) is 39.3 Å². The van der Waals surface area contributed by atoms with E-state index in [0.717, 1.165) is 42.9 Å². The number of benzene rings is 1. The largest absolute Gasteiger partial charge is 0.496 e. The fourth-order valence-electron chi connectivity index (χ4n) is 4.93. The second-order valence-electron chi connectivity index (χ2n) is 8.93. The third kappa shape index (κ3) is 4.38. The van der Waals surface area contributed by atoms with Crippen LogP contribution in [-0.2, 0) is 0 Å². The van der Waals surface area contributed by atoms with E-state index < -0.39 is 18.2 Å². The summed E-state index contributed by atoms with van der Waals surface area (Å²) in [4.78, 5) is 7.39. The van der Waals surface area contributed by atoms with Crippen molar-refractivity contribution in [2.45, 2.75) is 50.1 Å². The minimum Gasteiger partial charge on any atom is -0.496 e. The van der Waals surface area contributed by atoms with Gasteiger partial charge in [-0.25, -0.2) is 18.2 Å². The molecular formula is C25H25ClF3N5O. The third-order valence-electron chi connectivity index (χ3n) is 6.82. The van der Waals surface area contributed by atoms with Gasteiger partial charge in [0.2, 0.25) is 6.43 Å². The normalized spacial score (nSPS) is 19.4. The van der Waals surface area contributed by atoms with Gasteiger partial charge in [0.05, 0.1) is 30.3 Å². The monoisotopic (exact) mass is 503 g/mol. The zero-order valence-corrected chi connectivity index (χ0v) is 19.8. The lowest BCUT2D eigenvalue weighted by Gasteiger charge is -2.26. The highest BCUT2D eigenvalue weighted by atomic mass is 35.5. The number of fused-ring (bicyclic) bond motifs is 1. The molecule has 0 saturated heterocycles. The molecule has 0 aliphatic heterocycles. The van der Waals surface area contributed by atoms with Gasteiger partial charge in [-0.05, 0) is 49.4 Å². The summed E-state index contributed by atoms with van der Waals surface area (Å²) >= 11 is 6.16. The molecule has 0 unspecified atom stereocenters. The van der Waals surface area contributed by atoms with E-state index in [4.69, 9.17) is 22.1 Å². The van der Waals surface area contributed by atoms with Gasteiger partial charge in [0.15, 0.2) is 0 Å². The molecule has 6 nitrogen and oxygen atoms in total. The van der Waals surface area contributed by atoms with Gasteiger partial charge in [-0.15, -0.1) is 0 Å². The molecule has 0 bridgehead atoms. The number of methoxy groups -OCH3 is 1. The van der Waals surface area contributed by atoms with Crippen LogP contribution in [0.15, 0.2) is 43.0 Å². The van der Waals surface area contributed by atoms with Crippen molar-refractivity contribution in [3.05, 3.63) is 65.0 Å². The molecule has 3 N–H and O–H groups in total. The van der Waals surface area contributed by atoms with Crippen molar-refractivity contribution in [1.29, 1.82) is 0 Å². The number of rotatable bonds is 6. The molecule has 10 heteroatoms. The van der Waals surface area contributed by atoms with Gasteiger partial charge in [0, 0.05) is 46.7 Å². The first-order valence-corrected chi connectivity index (χ1v) is 11.8. The smallest absolute Gasteiger partial charge is 0.249 e. The van der Waals surface area contributed by atoms with Crippen molar-refractivity contribution >= 4 is 22.6 Å². The van der Waals surface area contributed by atoms with Crippen molar-refractivity contribution < 1.29 is 17.9 Å². The molecule has 35 heavy (non-hydrogen) atoms. The number of aromatic nitrogens is 4. The first-order chi connectivity index (χ1) is 16.9. The molecule has 1 atom stereocenters. The Balaban J connectivity index is 1.55. The van der Waals surface area contributed by atoms with Crippen LogP contribution in [0.2, 0.25) is 5.02 Å². The van der Waals surface area contributed by atoms with Crippen LogP contribution in [0.4, 0.5) is 13.2 Å². The predicted octanol–water partition coefficient (Wildman–Crippen LogP) is 6.07. The summed E-state index contributed by atoms with van der Waals surface area (Å²) in [6.45, 7) is 0. The van der Waals surface area contributed by atoms with E-state index in [1.165, 1.54) is 19.4 Å². The molecule has 3 aromatic heterocycles. The highest BCUT2D eigenvalue weighted by Crippen LogP contribution is 2.44. The van der Waals surface area contributed by atoms with Crippen LogP contribution in [0, 0.1) is 5.82 Å². The molecule has 1 aliphatic rings. The molecule has 0 radical (unpaired) electrons. The Hall–Kier alpha value is -3.04. The van der Waals surface area contributed by atoms with E-state index in [-0.39, 0.29) is 34.0 Å². The zero-order valence-electron chi connectivity index (χ0n) is 19.0. The maximum atomic E-state index is 14.5. The molecule has 1 fully saturated rings. The Morgan fingerprint density at radius 2 is 1.94 bits per heavy atom. The van der Waals surface area contributed by atoms with Gasteiger partial charge in [-0.2, -0.15) is 5.10 Å². The molecule has 1 aliphatic carbocycles. The van der Waals surface area contributed by atoms with Crippen molar-refractivity contribution in [2.75, 3.05) is 7.11 Å². The molecule has 1 saturated carbocycles. The van der Waals surface area contributed by atoms with Crippen LogP contribution in [0.1, 0.15) is 48.8 Å². The zero-order chi connectivity index (χ0) is 24.7. The molecule has 0 spiro atoms. The average Bonchev–Trinajstić information content (AvgIpc) is 3.50. The second-order valence-corrected chi connectivity index (χ2v) is 9.31. The quantitative estimate of drug-likeness (QED) is 0.335. The number of nitrogens with one attached hydrogen (secondary N) is 1. The fraction of sp³-hybridized carbons (Fsp3) is 0.360. The Labute approximate surface area is 205 Å². The number of pyridine rings is 1. The topological polar surface area (TPSA) is 81.8 Å². The van der Waals surface area contributed by atoms with Gasteiger partial charge in [0.25, 0.3) is 0 Å². The van der Waals surface area contributed by atoms with E-state index in [9.17, 15) is 13.2 Å². The summed E-state index contributed by atoms with van der Waals surface area (Å²) in [6, 6.07) is 4.72. The Morgan fingerprint density at radius 3 is 2.66 bits per heavy atom. The van der Waals surface area contributed by atoms with Gasteiger partial charge in [-0.3, -0.25) is 4.68 Å². The van der Waals surface area contributed by atoms with Crippen LogP contribution in [0.3, 0.4) is 0 Å². The predicted molar refractivity (Wildman–Crippen MR) is 129 cm³/mol. The van der Waals surface area contributed by atoms with Gasteiger partial charge < -0.3 is 15.5 Å². The standard InChI is InChI=1S/C25H25ClF3N5O/c1-35-20-7-6-19(27)23(26)22(20)21(24(28)29)18-11-32-25-17(18)8-13(9-31-25)14-10-33-34(12-14)16-4-2-15(30)3-5-16/h6-12,15-16,21,24H,2-5,30H2,1H3,(H,31,32)/t15?,16?,21-/m0/s1. The summed E-state index contributed by atoms with van der Waals surface area (Å²) in [5.41, 5.74) is 8.18. The number of nitrogens with two attached hydrogens (primary N) is 1. The third-order valence-corrected chi connectivity index (χ3v) is 7.21. The van der Waals surface area contributed by atoms with E-state index in [0.29, 0.717) is 11.0 Å². The first-order valence-electron chi connectivity index (χ1n) is 11.4. The van der Waals surface area contributed by atoms with E-state index in [1.54, 1.807) is 18.5 Å². The molecule has 0 amide bonds. The maximum Gasteiger partial charge on any atom is 0.249 e. The SMILES string of the molecule is COc1ccc(F)c(Cl)c1[C@H](c1c[nH]c2ncc(-c3cnn(C4CCC(N)CC4)c3)cc12)C(F)F. The summed E-state index contributed by atoms with van der Waals surface area (Å²) < 4.78 is 50.4. The number of alkyl halides is 2.